The molecule has 0 radical (unpaired) electrons. The molecule has 23 heavy (non-hydrogen) atoms. The number of nitrogens with one attached hydrogen (secondary N) is 1. The number of aryl methyl sites for hydroxylation is 1. The Balaban J connectivity index is 1.62. The first kappa shape index (κ1) is 15.8. The molecule has 1 atom stereocenters. The molecule has 1 aliphatic rings. The van der Waals surface area contributed by atoms with Gasteiger partial charge in [-0.3, -0.25) is 9.59 Å². The Hall–Kier alpha value is -2.05. The normalized spacial score (nSPS) is 18.0. The Morgan fingerprint density at radius 1 is 1.26 bits per heavy atom. The summed E-state index contributed by atoms with van der Waals surface area (Å²) in [6.07, 6.45) is 0.970. The van der Waals surface area contributed by atoms with E-state index in [1.165, 1.54) is 34.7 Å². The number of hydrogen-bond donors (Lipinski definition) is 1. The summed E-state index contributed by atoms with van der Waals surface area (Å²) in [5, 5.41) is 5.21. The predicted molar refractivity (Wildman–Crippen MR) is 88.1 cm³/mol. The zero-order chi connectivity index (χ0) is 16.4. The quantitative estimate of drug-likeness (QED) is 0.857. The van der Waals surface area contributed by atoms with Gasteiger partial charge in [0.05, 0.1) is 18.2 Å². The average molecular weight is 332 g/mol. The summed E-state index contributed by atoms with van der Waals surface area (Å²) in [6.45, 7) is 2.70. The molecule has 1 N–H and O–H groups in total. The van der Waals surface area contributed by atoms with Crippen LogP contribution in [-0.2, 0) is 16.0 Å². The Morgan fingerprint density at radius 3 is 2.65 bits per heavy atom. The second kappa shape index (κ2) is 6.60. The van der Waals surface area contributed by atoms with Gasteiger partial charge in [-0.15, -0.1) is 11.3 Å². The van der Waals surface area contributed by atoms with E-state index in [-0.39, 0.29) is 18.2 Å². The van der Waals surface area contributed by atoms with Crippen molar-refractivity contribution < 1.29 is 14.0 Å². The molecule has 1 saturated heterocycles. The summed E-state index contributed by atoms with van der Waals surface area (Å²) in [5.74, 6) is -0.926. The van der Waals surface area contributed by atoms with Crippen LogP contribution in [0, 0.1) is 12.7 Å². The zero-order valence-corrected chi connectivity index (χ0v) is 13.5. The number of hydrogen-bond acceptors (Lipinski definition) is 4. The minimum absolute atomic E-state index is 0.139. The Labute approximate surface area is 137 Å². The third-order valence-corrected chi connectivity index (χ3v) is 5.03. The molecule has 2 heterocycles. The van der Waals surface area contributed by atoms with Crippen molar-refractivity contribution in [3.63, 3.8) is 0 Å². The highest BCUT2D eigenvalue weighted by Gasteiger charge is 2.39. The summed E-state index contributed by atoms with van der Waals surface area (Å²) in [4.78, 5) is 26.9. The van der Waals surface area contributed by atoms with Crippen molar-refractivity contribution in [3.05, 3.63) is 52.0 Å². The number of nitrogens with zero attached hydrogens (tertiary/aromatic N) is 1. The Kier molecular flexibility index (Phi) is 4.54. The lowest BCUT2D eigenvalue weighted by Gasteiger charge is -2.15. The molecule has 2 aromatic rings. The molecule has 120 valence electrons. The molecular weight excluding hydrogens is 315 g/mol. The minimum atomic E-state index is -0.507. The van der Waals surface area contributed by atoms with Gasteiger partial charge >= 0.3 is 0 Å². The molecule has 1 aliphatic heterocycles. The molecule has 4 nitrogen and oxygen atoms in total. The minimum Gasteiger partial charge on any atom is -0.305 e. The highest BCUT2D eigenvalue weighted by atomic mass is 32.1. The summed E-state index contributed by atoms with van der Waals surface area (Å²) in [7, 11) is 0. The molecule has 0 unspecified atom stereocenters. The second-order valence-corrected chi connectivity index (χ2v) is 6.53. The van der Waals surface area contributed by atoms with E-state index in [2.05, 4.69) is 18.3 Å². The van der Waals surface area contributed by atoms with E-state index in [1.807, 2.05) is 5.38 Å². The monoisotopic (exact) mass is 332 g/mol. The van der Waals surface area contributed by atoms with Crippen LogP contribution in [-0.4, -0.2) is 24.4 Å². The number of rotatable bonds is 5. The Bertz CT molecular complexity index is 726. The van der Waals surface area contributed by atoms with Gasteiger partial charge in [-0.1, -0.05) is 0 Å². The SMILES string of the molecule is Cc1ccsc1CCN[C@@H]1CC(=O)N(c2ccc(F)cc2)C1=O. The van der Waals surface area contributed by atoms with Crippen molar-refractivity contribution in [2.24, 2.45) is 0 Å². The van der Waals surface area contributed by atoms with Gasteiger partial charge in [0, 0.05) is 11.4 Å². The van der Waals surface area contributed by atoms with Gasteiger partial charge in [-0.2, -0.15) is 0 Å². The number of thiophene rings is 1. The molecule has 1 aromatic heterocycles. The van der Waals surface area contributed by atoms with E-state index in [9.17, 15) is 14.0 Å². The first-order valence-electron chi connectivity index (χ1n) is 7.45. The fourth-order valence-corrected chi connectivity index (χ4v) is 3.58. The topological polar surface area (TPSA) is 49.4 Å². The van der Waals surface area contributed by atoms with Crippen LogP contribution >= 0.6 is 11.3 Å². The van der Waals surface area contributed by atoms with Crippen molar-refractivity contribution in [3.8, 4) is 0 Å². The van der Waals surface area contributed by atoms with Crippen LogP contribution in [0.5, 0.6) is 0 Å². The number of halogens is 1. The van der Waals surface area contributed by atoms with E-state index in [1.54, 1.807) is 11.3 Å². The fraction of sp³-hybridized carbons (Fsp3) is 0.294. The van der Waals surface area contributed by atoms with E-state index in [0.717, 1.165) is 11.3 Å². The van der Waals surface area contributed by atoms with Gasteiger partial charge in [-0.05, 0) is 54.6 Å². The van der Waals surface area contributed by atoms with Crippen LogP contribution in [0.15, 0.2) is 35.7 Å². The van der Waals surface area contributed by atoms with E-state index in [0.29, 0.717) is 12.2 Å². The first-order valence-corrected chi connectivity index (χ1v) is 8.33. The smallest absolute Gasteiger partial charge is 0.251 e. The zero-order valence-electron chi connectivity index (χ0n) is 12.7. The summed E-state index contributed by atoms with van der Waals surface area (Å²) >= 11 is 1.69. The summed E-state index contributed by atoms with van der Waals surface area (Å²) in [5.41, 5.74) is 1.67. The molecular formula is C17H17FN2O2S. The summed E-state index contributed by atoms with van der Waals surface area (Å²) < 4.78 is 13.0. The molecule has 0 saturated carbocycles. The summed E-state index contributed by atoms with van der Waals surface area (Å²) in [6, 6.07) is 6.95. The molecule has 2 amide bonds. The van der Waals surface area contributed by atoms with Crippen LogP contribution in [0.4, 0.5) is 10.1 Å². The van der Waals surface area contributed by atoms with Crippen LogP contribution in [0.2, 0.25) is 0 Å². The van der Waals surface area contributed by atoms with Gasteiger partial charge in [0.1, 0.15) is 5.82 Å². The van der Waals surface area contributed by atoms with Gasteiger partial charge < -0.3 is 5.32 Å². The largest absolute Gasteiger partial charge is 0.305 e. The maximum absolute atomic E-state index is 13.0. The first-order chi connectivity index (χ1) is 11.1. The number of imide groups is 1. The number of anilines is 1. The maximum atomic E-state index is 13.0. The van der Waals surface area contributed by atoms with E-state index < -0.39 is 11.9 Å². The van der Waals surface area contributed by atoms with Crippen molar-refractivity contribution in [2.45, 2.75) is 25.8 Å². The number of amides is 2. The lowest BCUT2D eigenvalue weighted by atomic mass is 10.2. The van der Waals surface area contributed by atoms with Gasteiger partial charge in [0.15, 0.2) is 0 Å². The van der Waals surface area contributed by atoms with Crippen molar-refractivity contribution in [1.29, 1.82) is 0 Å². The predicted octanol–water partition coefficient (Wildman–Crippen LogP) is 2.66. The van der Waals surface area contributed by atoms with Gasteiger partial charge in [-0.25, -0.2) is 9.29 Å². The lowest BCUT2D eigenvalue weighted by molar-refractivity contribution is -0.121. The molecule has 1 aromatic carbocycles. The highest BCUT2D eigenvalue weighted by molar-refractivity contribution is 7.10. The standard InChI is InChI=1S/C17H17FN2O2S/c1-11-7-9-23-15(11)6-8-19-14-10-16(21)20(17(14)22)13-4-2-12(18)3-5-13/h2-5,7,9,14,19H,6,8,10H2,1H3/t14-/m1/s1. The molecule has 3 rings (SSSR count). The maximum Gasteiger partial charge on any atom is 0.251 e. The lowest BCUT2D eigenvalue weighted by Crippen LogP contribution is -2.39. The van der Waals surface area contributed by atoms with Crippen LogP contribution in [0.3, 0.4) is 0 Å². The van der Waals surface area contributed by atoms with Crippen LogP contribution in [0.1, 0.15) is 16.9 Å². The third kappa shape index (κ3) is 3.33. The van der Waals surface area contributed by atoms with E-state index in [4.69, 9.17) is 0 Å². The molecule has 0 aliphatic carbocycles. The number of carbonyl (C=O) groups excluding carboxylic acids is 2. The molecule has 0 bridgehead atoms. The van der Waals surface area contributed by atoms with E-state index >= 15 is 0 Å². The fourth-order valence-electron chi connectivity index (χ4n) is 2.67. The Morgan fingerprint density at radius 2 is 2.00 bits per heavy atom. The number of carbonyl (C=O) groups is 2. The third-order valence-electron chi connectivity index (χ3n) is 3.94. The second-order valence-electron chi connectivity index (χ2n) is 5.53. The van der Waals surface area contributed by atoms with Crippen molar-refractivity contribution >= 4 is 28.8 Å². The molecule has 0 spiro atoms. The van der Waals surface area contributed by atoms with Gasteiger partial charge in [0.25, 0.3) is 5.91 Å². The molecule has 6 heteroatoms. The van der Waals surface area contributed by atoms with Crippen molar-refractivity contribution in [1.82, 2.24) is 5.32 Å². The number of benzene rings is 1. The highest BCUT2D eigenvalue weighted by Crippen LogP contribution is 2.23. The average Bonchev–Trinajstić information content (AvgIpc) is 3.05. The van der Waals surface area contributed by atoms with Gasteiger partial charge in [0.2, 0.25) is 5.91 Å². The van der Waals surface area contributed by atoms with Crippen LogP contribution < -0.4 is 10.2 Å². The molecule has 1 fully saturated rings. The van der Waals surface area contributed by atoms with Crippen LogP contribution in [0.25, 0.3) is 0 Å². The van der Waals surface area contributed by atoms with Crippen molar-refractivity contribution in [2.75, 3.05) is 11.4 Å².